The standard InChI is InChI=1S/C22H19BrN2O4/c23-17-8-6-15(7-9-17)20-11-10-18(29-20)14-19(22(28)24-12-13-26)25-21(27)16-4-2-1-3-5-16/h1-11,14,26H,12-13H2,(H,24,28)(H,25,27). The van der Waals surface area contributed by atoms with E-state index in [4.69, 9.17) is 9.52 Å². The largest absolute Gasteiger partial charge is 0.457 e. The van der Waals surface area contributed by atoms with Crippen LogP contribution in [0.3, 0.4) is 0 Å². The summed E-state index contributed by atoms with van der Waals surface area (Å²) in [5, 5.41) is 14.1. The molecule has 0 aliphatic heterocycles. The number of hydrogen-bond donors (Lipinski definition) is 3. The number of aliphatic hydroxyl groups is 1. The average molecular weight is 455 g/mol. The van der Waals surface area contributed by atoms with Crippen molar-refractivity contribution in [3.63, 3.8) is 0 Å². The smallest absolute Gasteiger partial charge is 0.268 e. The van der Waals surface area contributed by atoms with Crippen LogP contribution in [0, 0.1) is 0 Å². The predicted molar refractivity (Wildman–Crippen MR) is 114 cm³/mol. The van der Waals surface area contributed by atoms with Crippen LogP contribution in [0.4, 0.5) is 0 Å². The molecule has 1 aromatic heterocycles. The first-order valence-electron chi connectivity index (χ1n) is 8.90. The number of furan rings is 1. The van der Waals surface area contributed by atoms with E-state index in [0.29, 0.717) is 17.1 Å². The van der Waals surface area contributed by atoms with Gasteiger partial charge in [0.1, 0.15) is 17.2 Å². The number of nitrogens with one attached hydrogen (secondary N) is 2. The molecule has 0 fully saturated rings. The highest BCUT2D eigenvalue weighted by atomic mass is 79.9. The first-order valence-corrected chi connectivity index (χ1v) is 9.69. The second-order valence-corrected chi connectivity index (χ2v) is 6.98. The van der Waals surface area contributed by atoms with Gasteiger partial charge in [0.05, 0.1) is 6.61 Å². The Morgan fingerprint density at radius 2 is 1.72 bits per heavy atom. The van der Waals surface area contributed by atoms with Gasteiger partial charge in [-0.15, -0.1) is 0 Å². The molecule has 7 heteroatoms. The summed E-state index contributed by atoms with van der Waals surface area (Å²) in [4.78, 5) is 24.9. The zero-order chi connectivity index (χ0) is 20.6. The number of benzene rings is 2. The van der Waals surface area contributed by atoms with Gasteiger partial charge in [-0.25, -0.2) is 0 Å². The molecule has 2 aromatic carbocycles. The number of hydrogen-bond acceptors (Lipinski definition) is 4. The maximum absolute atomic E-state index is 12.5. The van der Waals surface area contributed by atoms with Crippen LogP contribution in [-0.2, 0) is 4.79 Å². The minimum absolute atomic E-state index is 0.0176. The van der Waals surface area contributed by atoms with E-state index in [1.807, 2.05) is 24.3 Å². The molecule has 0 aliphatic rings. The highest BCUT2D eigenvalue weighted by Crippen LogP contribution is 2.25. The first-order chi connectivity index (χ1) is 14.1. The van der Waals surface area contributed by atoms with Gasteiger partial charge in [0.2, 0.25) is 0 Å². The van der Waals surface area contributed by atoms with Gasteiger partial charge >= 0.3 is 0 Å². The normalized spacial score (nSPS) is 11.2. The summed E-state index contributed by atoms with van der Waals surface area (Å²) in [6.07, 6.45) is 1.45. The van der Waals surface area contributed by atoms with Crippen LogP contribution in [0.25, 0.3) is 17.4 Å². The van der Waals surface area contributed by atoms with Gasteiger partial charge in [-0.2, -0.15) is 0 Å². The van der Waals surface area contributed by atoms with Crippen LogP contribution in [0.5, 0.6) is 0 Å². The van der Waals surface area contributed by atoms with E-state index < -0.39 is 11.8 Å². The van der Waals surface area contributed by atoms with Crippen molar-refractivity contribution in [2.24, 2.45) is 0 Å². The van der Waals surface area contributed by atoms with Crippen molar-refractivity contribution in [3.8, 4) is 11.3 Å². The van der Waals surface area contributed by atoms with Gasteiger partial charge in [0.15, 0.2) is 0 Å². The van der Waals surface area contributed by atoms with Gasteiger partial charge in [-0.1, -0.05) is 46.3 Å². The Morgan fingerprint density at radius 1 is 1.00 bits per heavy atom. The van der Waals surface area contributed by atoms with Gasteiger partial charge in [0, 0.05) is 28.2 Å². The lowest BCUT2D eigenvalue weighted by Crippen LogP contribution is -2.36. The molecule has 0 radical (unpaired) electrons. The molecule has 0 unspecified atom stereocenters. The Balaban J connectivity index is 1.85. The van der Waals surface area contributed by atoms with Gasteiger partial charge in [-0.05, 0) is 36.4 Å². The third-order valence-corrected chi connectivity index (χ3v) is 4.50. The Labute approximate surface area is 176 Å². The summed E-state index contributed by atoms with van der Waals surface area (Å²) in [5.41, 5.74) is 1.32. The fraction of sp³-hybridized carbons (Fsp3) is 0.0909. The average Bonchev–Trinajstić information content (AvgIpc) is 3.21. The molecule has 0 spiro atoms. The van der Waals surface area contributed by atoms with E-state index in [9.17, 15) is 9.59 Å². The van der Waals surface area contributed by atoms with Gasteiger partial charge in [0.25, 0.3) is 11.8 Å². The van der Waals surface area contributed by atoms with Crippen molar-refractivity contribution in [2.45, 2.75) is 0 Å². The molecule has 29 heavy (non-hydrogen) atoms. The zero-order valence-corrected chi connectivity index (χ0v) is 17.0. The number of aliphatic hydroxyl groups excluding tert-OH is 1. The number of halogens is 1. The SMILES string of the molecule is O=C(NCCO)C(=Cc1ccc(-c2ccc(Br)cc2)o1)NC(=O)c1ccccc1. The Bertz CT molecular complexity index is 1010. The summed E-state index contributed by atoms with van der Waals surface area (Å²) in [5.74, 6) is 0.0966. The monoisotopic (exact) mass is 454 g/mol. The minimum atomic E-state index is -0.523. The molecule has 0 saturated heterocycles. The maximum atomic E-state index is 12.5. The highest BCUT2D eigenvalue weighted by molar-refractivity contribution is 9.10. The van der Waals surface area contributed by atoms with Crippen molar-refractivity contribution < 1.29 is 19.1 Å². The van der Waals surface area contributed by atoms with E-state index >= 15 is 0 Å². The molecule has 3 N–H and O–H groups in total. The molecular formula is C22H19BrN2O4. The van der Waals surface area contributed by atoms with E-state index in [1.165, 1.54) is 6.08 Å². The number of rotatable bonds is 7. The molecule has 0 atom stereocenters. The first kappa shape index (κ1) is 20.6. The fourth-order valence-corrected chi connectivity index (χ4v) is 2.81. The summed E-state index contributed by atoms with van der Waals surface area (Å²) < 4.78 is 6.77. The summed E-state index contributed by atoms with van der Waals surface area (Å²) in [6, 6.07) is 19.7. The van der Waals surface area contributed by atoms with Crippen LogP contribution < -0.4 is 10.6 Å². The van der Waals surface area contributed by atoms with Crippen LogP contribution >= 0.6 is 15.9 Å². The molecular weight excluding hydrogens is 436 g/mol. The Kier molecular flexibility index (Phi) is 6.99. The highest BCUT2D eigenvalue weighted by Gasteiger charge is 2.15. The molecule has 0 bridgehead atoms. The van der Waals surface area contributed by atoms with Crippen LogP contribution in [0.15, 0.2) is 81.3 Å². The van der Waals surface area contributed by atoms with Crippen molar-refractivity contribution in [1.82, 2.24) is 10.6 Å². The number of carbonyl (C=O) groups is 2. The van der Waals surface area contributed by atoms with Crippen molar-refractivity contribution >= 4 is 33.8 Å². The summed E-state index contributed by atoms with van der Waals surface area (Å²) in [7, 11) is 0. The molecule has 148 valence electrons. The maximum Gasteiger partial charge on any atom is 0.268 e. The van der Waals surface area contributed by atoms with Gasteiger partial charge in [-0.3, -0.25) is 9.59 Å². The lowest BCUT2D eigenvalue weighted by molar-refractivity contribution is -0.117. The van der Waals surface area contributed by atoms with Crippen LogP contribution in [0.2, 0.25) is 0 Å². The summed E-state index contributed by atoms with van der Waals surface area (Å²) in [6.45, 7) is -0.139. The van der Waals surface area contributed by atoms with E-state index in [1.54, 1.807) is 42.5 Å². The second-order valence-electron chi connectivity index (χ2n) is 6.07. The minimum Gasteiger partial charge on any atom is -0.457 e. The molecule has 6 nitrogen and oxygen atoms in total. The third kappa shape index (κ3) is 5.66. The summed E-state index contributed by atoms with van der Waals surface area (Å²) >= 11 is 3.39. The number of amides is 2. The fourth-order valence-electron chi connectivity index (χ4n) is 2.55. The van der Waals surface area contributed by atoms with Gasteiger partial charge < -0.3 is 20.2 Å². The third-order valence-electron chi connectivity index (χ3n) is 3.97. The van der Waals surface area contributed by atoms with E-state index in [0.717, 1.165) is 10.0 Å². The predicted octanol–water partition coefficient (Wildman–Crippen LogP) is 3.59. The lowest BCUT2D eigenvalue weighted by atomic mass is 10.2. The van der Waals surface area contributed by atoms with E-state index in [2.05, 4.69) is 26.6 Å². The lowest BCUT2D eigenvalue weighted by Gasteiger charge is -2.10. The molecule has 2 amide bonds. The van der Waals surface area contributed by atoms with Crippen molar-refractivity contribution in [2.75, 3.05) is 13.2 Å². The molecule has 3 rings (SSSR count). The molecule has 0 aliphatic carbocycles. The zero-order valence-electron chi connectivity index (χ0n) is 15.4. The van der Waals surface area contributed by atoms with Crippen molar-refractivity contribution in [3.05, 3.63) is 88.2 Å². The Hall–Kier alpha value is -3.16. The quantitative estimate of drug-likeness (QED) is 0.475. The second kappa shape index (κ2) is 9.86. The molecule has 3 aromatic rings. The van der Waals surface area contributed by atoms with Crippen molar-refractivity contribution in [1.29, 1.82) is 0 Å². The molecule has 0 saturated carbocycles. The topological polar surface area (TPSA) is 91.6 Å². The Morgan fingerprint density at radius 3 is 2.41 bits per heavy atom. The molecule has 1 heterocycles. The number of carbonyl (C=O) groups excluding carboxylic acids is 2. The van der Waals surface area contributed by atoms with Crippen LogP contribution in [-0.4, -0.2) is 30.1 Å². The van der Waals surface area contributed by atoms with Crippen LogP contribution in [0.1, 0.15) is 16.1 Å². The van der Waals surface area contributed by atoms with E-state index in [-0.39, 0.29) is 18.8 Å².